The van der Waals surface area contributed by atoms with E-state index in [-0.39, 0.29) is 10.9 Å². The Balaban J connectivity index is 1.82. The molecule has 1 heterocycles. The van der Waals surface area contributed by atoms with Crippen molar-refractivity contribution in [3.05, 3.63) is 42.7 Å². The van der Waals surface area contributed by atoms with E-state index in [2.05, 4.69) is 14.9 Å². The highest BCUT2D eigenvalue weighted by Gasteiger charge is 2.39. The molecule has 1 aliphatic carbocycles. The number of halogens is 1. The van der Waals surface area contributed by atoms with Crippen LogP contribution in [-0.4, -0.2) is 29.2 Å². The standard InChI is InChI=1S/C16H21FN4O2S/c1-2-16(21-12-18-19-15(21)17)10-6-7-13(11-16)20-24(22,23)14-8-4-3-5-9-14/h3-5,8-9,12-13,20H,2,6-7,10-11H2,1H3/t13-,16+/m0/s1. The Hall–Kier alpha value is -1.80. The zero-order valence-corrected chi connectivity index (χ0v) is 14.3. The fourth-order valence-corrected chi connectivity index (χ4v) is 4.87. The molecule has 3 rings (SSSR count). The van der Waals surface area contributed by atoms with E-state index < -0.39 is 21.6 Å². The molecule has 1 aromatic carbocycles. The van der Waals surface area contributed by atoms with Gasteiger partial charge in [0.25, 0.3) is 0 Å². The normalized spacial score (nSPS) is 24.8. The van der Waals surface area contributed by atoms with E-state index in [1.807, 2.05) is 6.92 Å². The minimum absolute atomic E-state index is 0.244. The van der Waals surface area contributed by atoms with Gasteiger partial charge in [0.1, 0.15) is 6.33 Å². The monoisotopic (exact) mass is 352 g/mol. The first kappa shape index (κ1) is 17.0. The van der Waals surface area contributed by atoms with Gasteiger partial charge < -0.3 is 0 Å². The number of sulfonamides is 1. The number of rotatable bonds is 5. The Kier molecular flexibility index (Phi) is 4.69. The zero-order valence-electron chi connectivity index (χ0n) is 13.5. The van der Waals surface area contributed by atoms with Crippen LogP contribution in [0.1, 0.15) is 39.0 Å². The molecule has 1 aliphatic rings. The molecule has 2 atom stereocenters. The van der Waals surface area contributed by atoms with Gasteiger partial charge in [-0.1, -0.05) is 30.2 Å². The van der Waals surface area contributed by atoms with Crippen LogP contribution in [-0.2, 0) is 15.6 Å². The summed E-state index contributed by atoms with van der Waals surface area (Å²) in [5.74, 6) is 0. The van der Waals surface area contributed by atoms with Crippen LogP contribution in [0, 0.1) is 6.08 Å². The molecule has 0 spiro atoms. The Bertz CT molecular complexity index is 793. The third kappa shape index (κ3) is 3.21. The predicted octanol–water partition coefficient (Wildman–Crippen LogP) is 2.44. The van der Waals surface area contributed by atoms with Gasteiger partial charge >= 0.3 is 6.08 Å². The smallest absolute Gasteiger partial charge is 0.284 e. The van der Waals surface area contributed by atoms with Gasteiger partial charge in [0, 0.05) is 6.04 Å². The van der Waals surface area contributed by atoms with E-state index >= 15 is 0 Å². The van der Waals surface area contributed by atoms with Gasteiger partial charge in [-0.05, 0) is 44.2 Å². The lowest BCUT2D eigenvalue weighted by atomic mass is 9.77. The van der Waals surface area contributed by atoms with Crippen LogP contribution in [0.4, 0.5) is 4.39 Å². The average Bonchev–Trinajstić information content (AvgIpc) is 3.02. The van der Waals surface area contributed by atoms with E-state index in [4.69, 9.17) is 0 Å². The molecule has 2 aromatic rings. The lowest BCUT2D eigenvalue weighted by Gasteiger charge is -2.41. The van der Waals surface area contributed by atoms with Gasteiger partial charge in [-0.25, -0.2) is 13.1 Å². The second-order valence-corrected chi connectivity index (χ2v) is 7.99. The number of aromatic nitrogens is 3. The zero-order chi connectivity index (χ0) is 17.2. The largest absolute Gasteiger partial charge is 0.309 e. The average molecular weight is 352 g/mol. The van der Waals surface area contributed by atoms with Crippen LogP contribution in [0.2, 0.25) is 0 Å². The summed E-state index contributed by atoms with van der Waals surface area (Å²) in [6, 6.07) is 8.05. The molecule has 6 nitrogen and oxygen atoms in total. The maximum Gasteiger partial charge on any atom is 0.309 e. The highest BCUT2D eigenvalue weighted by Crippen LogP contribution is 2.38. The molecule has 0 unspecified atom stereocenters. The Morgan fingerprint density at radius 3 is 2.75 bits per heavy atom. The number of hydrogen-bond donors (Lipinski definition) is 1. The van der Waals surface area contributed by atoms with Crippen molar-refractivity contribution in [1.82, 2.24) is 19.5 Å². The number of nitrogens with zero attached hydrogens (tertiary/aromatic N) is 3. The van der Waals surface area contributed by atoms with Crippen molar-refractivity contribution in [2.45, 2.75) is 55.5 Å². The summed E-state index contributed by atoms with van der Waals surface area (Å²) in [7, 11) is -3.58. The molecular weight excluding hydrogens is 331 g/mol. The maximum atomic E-state index is 13.9. The fourth-order valence-electron chi connectivity index (χ4n) is 3.58. The van der Waals surface area contributed by atoms with Gasteiger partial charge in [-0.2, -0.15) is 4.39 Å². The van der Waals surface area contributed by atoms with Crippen molar-refractivity contribution < 1.29 is 12.8 Å². The third-order valence-corrected chi connectivity index (χ3v) is 6.41. The summed E-state index contributed by atoms with van der Waals surface area (Å²) in [6.07, 6.45) is 4.30. The van der Waals surface area contributed by atoms with Crippen molar-refractivity contribution in [2.24, 2.45) is 0 Å². The van der Waals surface area contributed by atoms with Gasteiger partial charge in [0.2, 0.25) is 10.0 Å². The Labute approximate surface area is 141 Å². The van der Waals surface area contributed by atoms with Crippen LogP contribution >= 0.6 is 0 Å². The van der Waals surface area contributed by atoms with Gasteiger partial charge in [-0.3, -0.25) is 4.57 Å². The van der Waals surface area contributed by atoms with Crippen LogP contribution in [0.3, 0.4) is 0 Å². The molecule has 0 radical (unpaired) electrons. The molecule has 24 heavy (non-hydrogen) atoms. The lowest BCUT2D eigenvalue weighted by molar-refractivity contribution is 0.144. The molecule has 130 valence electrons. The van der Waals surface area contributed by atoms with Crippen LogP contribution < -0.4 is 4.72 Å². The first-order chi connectivity index (χ1) is 11.5. The van der Waals surface area contributed by atoms with Crippen LogP contribution in [0.25, 0.3) is 0 Å². The first-order valence-corrected chi connectivity index (χ1v) is 9.58. The molecule has 0 amide bonds. The number of benzene rings is 1. The maximum absolute atomic E-state index is 13.9. The first-order valence-electron chi connectivity index (χ1n) is 8.10. The van der Waals surface area contributed by atoms with E-state index in [1.165, 1.54) is 10.9 Å². The number of hydrogen-bond acceptors (Lipinski definition) is 4. The molecule has 8 heteroatoms. The van der Waals surface area contributed by atoms with E-state index in [9.17, 15) is 12.8 Å². The van der Waals surface area contributed by atoms with Crippen molar-refractivity contribution >= 4 is 10.0 Å². The third-order valence-electron chi connectivity index (χ3n) is 4.87. The van der Waals surface area contributed by atoms with Crippen molar-refractivity contribution in [1.29, 1.82) is 0 Å². The lowest BCUT2D eigenvalue weighted by Crippen LogP contribution is -2.47. The van der Waals surface area contributed by atoms with E-state index in [0.717, 1.165) is 19.3 Å². The van der Waals surface area contributed by atoms with E-state index in [1.54, 1.807) is 30.3 Å². The van der Waals surface area contributed by atoms with Crippen LogP contribution in [0.5, 0.6) is 0 Å². The molecule has 1 fully saturated rings. The quantitative estimate of drug-likeness (QED) is 0.897. The molecule has 0 aliphatic heterocycles. The molecule has 0 bridgehead atoms. The van der Waals surface area contributed by atoms with Crippen LogP contribution in [0.15, 0.2) is 41.6 Å². The SMILES string of the molecule is CC[C@@]1(n2cnnc2F)CCC[C@H](NS(=O)(=O)c2ccccc2)C1. The summed E-state index contributed by atoms with van der Waals surface area (Å²) in [5.41, 5.74) is -0.490. The Morgan fingerprint density at radius 1 is 1.38 bits per heavy atom. The molecule has 1 N–H and O–H groups in total. The molecule has 1 aromatic heterocycles. The highest BCUT2D eigenvalue weighted by atomic mass is 32.2. The molecule has 1 saturated carbocycles. The van der Waals surface area contributed by atoms with Gasteiger partial charge in [-0.15, -0.1) is 5.10 Å². The van der Waals surface area contributed by atoms with Gasteiger partial charge in [0.15, 0.2) is 0 Å². The van der Waals surface area contributed by atoms with Crippen molar-refractivity contribution in [3.8, 4) is 0 Å². The fraction of sp³-hybridized carbons (Fsp3) is 0.500. The van der Waals surface area contributed by atoms with Crippen molar-refractivity contribution in [3.63, 3.8) is 0 Å². The summed E-state index contributed by atoms with van der Waals surface area (Å²) in [6.45, 7) is 1.98. The highest BCUT2D eigenvalue weighted by molar-refractivity contribution is 7.89. The second-order valence-electron chi connectivity index (χ2n) is 6.28. The summed E-state index contributed by atoms with van der Waals surface area (Å²) >= 11 is 0. The second kappa shape index (κ2) is 6.60. The minimum Gasteiger partial charge on any atom is -0.284 e. The predicted molar refractivity (Wildman–Crippen MR) is 87.3 cm³/mol. The minimum atomic E-state index is -3.58. The molecular formula is C16H21FN4O2S. The molecule has 0 saturated heterocycles. The number of nitrogens with one attached hydrogen (secondary N) is 1. The topological polar surface area (TPSA) is 76.9 Å². The summed E-state index contributed by atoms with van der Waals surface area (Å²) in [5, 5.41) is 7.08. The van der Waals surface area contributed by atoms with E-state index in [0.29, 0.717) is 12.8 Å². The van der Waals surface area contributed by atoms with Gasteiger partial charge in [0.05, 0.1) is 10.4 Å². The van der Waals surface area contributed by atoms with Crippen molar-refractivity contribution in [2.75, 3.05) is 0 Å². The Morgan fingerprint density at radius 2 is 2.12 bits per heavy atom. The summed E-state index contributed by atoms with van der Waals surface area (Å²) < 4.78 is 43.3. The summed E-state index contributed by atoms with van der Waals surface area (Å²) in [4.78, 5) is 0.244.